The Labute approximate surface area is 117 Å². The summed E-state index contributed by atoms with van der Waals surface area (Å²) in [6, 6.07) is 14.4. The number of para-hydroxylation sites is 1. The van der Waals surface area contributed by atoms with Gasteiger partial charge in [-0.05, 0) is 24.6 Å². The van der Waals surface area contributed by atoms with Gasteiger partial charge in [-0.3, -0.25) is 4.79 Å². The Bertz CT molecular complexity index is 721. The molecule has 4 heteroatoms. The number of aryl methyl sites for hydroxylation is 1. The van der Waals surface area contributed by atoms with Gasteiger partial charge >= 0.3 is 5.91 Å². The van der Waals surface area contributed by atoms with E-state index < -0.39 is 0 Å². The average Bonchev–Trinajstić information content (AvgIpc) is 2.71. The topological polar surface area (TPSA) is 46.4 Å². The highest BCUT2D eigenvalue weighted by atomic mass is 16.5. The Balaban J connectivity index is 2.24. The Morgan fingerprint density at radius 3 is 2.50 bits per heavy atom. The molecule has 0 bridgehead atoms. The maximum Gasteiger partial charge on any atom is 0.324 e. The zero-order valence-electron chi connectivity index (χ0n) is 11.3. The summed E-state index contributed by atoms with van der Waals surface area (Å²) in [7, 11) is 1.69. The quantitative estimate of drug-likeness (QED) is 0.452. The van der Waals surface area contributed by atoms with Gasteiger partial charge in [-0.1, -0.05) is 24.3 Å². The number of carbonyl (C=O) groups is 1. The van der Waals surface area contributed by atoms with E-state index in [0.717, 1.165) is 11.3 Å². The highest BCUT2D eigenvalue weighted by Crippen LogP contribution is 2.30. The molecule has 1 aliphatic heterocycles. The number of carbonyl (C=O) groups excluding carboxylic acids is 1. The van der Waals surface area contributed by atoms with Crippen molar-refractivity contribution < 1.29 is 9.53 Å². The van der Waals surface area contributed by atoms with Gasteiger partial charge in [-0.2, -0.15) is 4.74 Å². The molecule has 0 fully saturated rings. The first-order valence-corrected chi connectivity index (χ1v) is 6.38. The first kappa shape index (κ1) is 12.4. The molecule has 2 aromatic rings. The number of amides is 1. The van der Waals surface area contributed by atoms with Gasteiger partial charge in [-0.25, -0.2) is 0 Å². The number of nitrogens with zero attached hydrogens (tertiary/aromatic N) is 2. The van der Waals surface area contributed by atoms with E-state index in [9.17, 15) is 10.0 Å². The fourth-order valence-corrected chi connectivity index (χ4v) is 2.39. The van der Waals surface area contributed by atoms with Crippen LogP contribution in [0.3, 0.4) is 0 Å². The third-order valence-corrected chi connectivity index (χ3v) is 3.47. The third kappa shape index (κ3) is 1.77. The molecule has 3 rings (SSSR count). The molecule has 0 aliphatic carbocycles. The number of hydrogen-bond acceptors (Lipinski definition) is 2. The predicted molar refractivity (Wildman–Crippen MR) is 78.4 cm³/mol. The van der Waals surface area contributed by atoms with Crippen LogP contribution < -0.4 is 4.90 Å². The van der Waals surface area contributed by atoms with E-state index in [1.807, 2.05) is 31.2 Å². The van der Waals surface area contributed by atoms with Gasteiger partial charge < -0.3 is 10.1 Å². The van der Waals surface area contributed by atoms with Crippen LogP contribution in [-0.2, 0) is 4.79 Å². The smallest absolute Gasteiger partial charge is 0.324 e. The lowest BCUT2D eigenvalue weighted by Crippen LogP contribution is -2.29. The van der Waals surface area contributed by atoms with E-state index in [1.54, 1.807) is 31.3 Å². The van der Waals surface area contributed by atoms with Crippen LogP contribution in [0, 0.1) is 12.1 Å². The minimum Gasteiger partial charge on any atom is -0.618 e. The number of hydrogen-bond donors (Lipinski definition) is 0. The molecular formula is C16H14N2O2. The molecule has 100 valence electrons. The minimum absolute atomic E-state index is 0.175. The summed E-state index contributed by atoms with van der Waals surface area (Å²) < 4.78 is 0.708. The standard InChI is InChI=1S/C16H14N2O2/c1-11-8-9-13-14(10-11)17(2)16(19)15(13)18(20)12-6-4-3-5-7-12/h3-10H,1-2H3/b18-15+. The normalized spacial score (nSPS) is 16.3. The molecule has 1 aliphatic rings. The fourth-order valence-electron chi connectivity index (χ4n) is 2.39. The summed E-state index contributed by atoms with van der Waals surface area (Å²) >= 11 is 0. The summed E-state index contributed by atoms with van der Waals surface area (Å²) in [4.78, 5) is 13.9. The maximum atomic E-state index is 12.5. The number of fused-ring (bicyclic) bond motifs is 1. The van der Waals surface area contributed by atoms with Gasteiger partial charge in [-0.15, -0.1) is 0 Å². The molecule has 20 heavy (non-hydrogen) atoms. The van der Waals surface area contributed by atoms with Gasteiger partial charge in [0.2, 0.25) is 5.69 Å². The number of benzene rings is 2. The number of likely N-dealkylation sites (N-methyl/N-ethyl adjacent to an activating group) is 1. The number of anilines is 1. The lowest BCUT2D eigenvalue weighted by molar-refractivity contribution is -0.359. The highest BCUT2D eigenvalue weighted by Gasteiger charge is 2.38. The van der Waals surface area contributed by atoms with E-state index in [0.29, 0.717) is 16.0 Å². The van der Waals surface area contributed by atoms with Crippen molar-refractivity contribution in [2.75, 3.05) is 11.9 Å². The van der Waals surface area contributed by atoms with Crippen molar-refractivity contribution in [3.05, 3.63) is 64.9 Å². The van der Waals surface area contributed by atoms with Crippen LogP contribution >= 0.6 is 0 Å². The van der Waals surface area contributed by atoms with Crippen molar-refractivity contribution in [2.24, 2.45) is 0 Å². The second-order valence-corrected chi connectivity index (χ2v) is 4.86. The molecule has 1 heterocycles. The van der Waals surface area contributed by atoms with E-state index >= 15 is 0 Å². The van der Waals surface area contributed by atoms with Crippen molar-refractivity contribution in [1.82, 2.24) is 0 Å². The molecule has 0 unspecified atom stereocenters. The van der Waals surface area contributed by atoms with Crippen LogP contribution in [0.1, 0.15) is 11.1 Å². The van der Waals surface area contributed by atoms with Gasteiger partial charge in [0.15, 0.2) is 0 Å². The molecule has 0 saturated heterocycles. The van der Waals surface area contributed by atoms with Crippen LogP contribution in [0.15, 0.2) is 48.5 Å². The molecule has 2 aromatic carbocycles. The Morgan fingerprint density at radius 1 is 1.10 bits per heavy atom. The summed E-state index contributed by atoms with van der Waals surface area (Å²) in [5, 5.41) is 12.5. The molecule has 1 amide bonds. The van der Waals surface area contributed by atoms with Crippen LogP contribution in [0.2, 0.25) is 0 Å². The second-order valence-electron chi connectivity index (χ2n) is 4.86. The lowest BCUT2D eigenvalue weighted by atomic mass is 10.1. The fraction of sp³-hybridized carbons (Fsp3) is 0.125. The lowest BCUT2D eigenvalue weighted by Gasteiger charge is -2.08. The van der Waals surface area contributed by atoms with Crippen molar-refractivity contribution in [3.63, 3.8) is 0 Å². The van der Waals surface area contributed by atoms with Crippen LogP contribution in [0.25, 0.3) is 0 Å². The molecule has 0 saturated carbocycles. The summed E-state index contributed by atoms with van der Waals surface area (Å²) in [5.41, 5.74) is 3.15. The SMILES string of the molecule is Cc1ccc2c(c1)N(C)C(=O)/C2=[N+](/[O-])c1ccccc1. The monoisotopic (exact) mass is 266 g/mol. The molecule has 0 radical (unpaired) electrons. The minimum atomic E-state index is -0.274. The summed E-state index contributed by atoms with van der Waals surface area (Å²) in [6.07, 6.45) is 0. The number of rotatable bonds is 1. The van der Waals surface area contributed by atoms with Crippen LogP contribution in [0.4, 0.5) is 11.4 Å². The van der Waals surface area contributed by atoms with Gasteiger partial charge in [0.1, 0.15) is 0 Å². The van der Waals surface area contributed by atoms with Gasteiger partial charge in [0, 0.05) is 19.2 Å². The van der Waals surface area contributed by atoms with E-state index in [-0.39, 0.29) is 11.6 Å². The first-order valence-electron chi connectivity index (χ1n) is 6.38. The predicted octanol–water partition coefficient (Wildman–Crippen LogP) is 2.60. The first-order chi connectivity index (χ1) is 9.59. The van der Waals surface area contributed by atoms with Crippen molar-refractivity contribution >= 4 is 23.0 Å². The Kier molecular flexibility index (Phi) is 2.79. The van der Waals surface area contributed by atoms with Crippen molar-refractivity contribution in [1.29, 1.82) is 0 Å². The molecular weight excluding hydrogens is 252 g/mol. The maximum absolute atomic E-state index is 12.5. The van der Waals surface area contributed by atoms with Gasteiger partial charge in [0.05, 0.1) is 11.3 Å². The summed E-state index contributed by atoms with van der Waals surface area (Å²) in [6.45, 7) is 1.96. The molecule has 0 atom stereocenters. The largest absolute Gasteiger partial charge is 0.618 e. The highest BCUT2D eigenvalue weighted by molar-refractivity contribution is 6.52. The molecule has 0 spiro atoms. The third-order valence-electron chi connectivity index (χ3n) is 3.47. The Hall–Kier alpha value is -2.62. The summed E-state index contributed by atoms with van der Waals surface area (Å²) in [5.74, 6) is -0.274. The Morgan fingerprint density at radius 2 is 1.80 bits per heavy atom. The van der Waals surface area contributed by atoms with Crippen molar-refractivity contribution in [3.8, 4) is 0 Å². The zero-order valence-corrected chi connectivity index (χ0v) is 11.3. The zero-order chi connectivity index (χ0) is 14.3. The molecule has 0 N–H and O–H groups in total. The van der Waals surface area contributed by atoms with E-state index in [4.69, 9.17) is 0 Å². The van der Waals surface area contributed by atoms with Crippen LogP contribution in [-0.4, -0.2) is 23.4 Å². The average molecular weight is 266 g/mol. The second kappa shape index (κ2) is 4.49. The van der Waals surface area contributed by atoms with E-state index in [2.05, 4.69) is 0 Å². The molecule has 0 aromatic heterocycles. The van der Waals surface area contributed by atoms with Gasteiger partial charge in [0.25, 0.3) is 5.71 Å². The van der Waals surface area contributed by atoms with Crippen molar-refractivity contribution in [2.45, 2.75) is 6.92 Å². The molecule has 4 nitrogen and oxygen atoms in total. The van der Waals surface area contributed by atoms with Crippen LogP contribution in [0.5, 0.6) is 0 Å². The van der Waals surface area contributed by atoms with E-state index in [1.165, 1.54) is 4.90 Å².